The Morgan fingerprint density at radius 3 is 1.56 bits per heavy atom. The van der Waals surface area contributed by atoms with Crippen LogP contribution in [0.25, 0.3) is 0 Å². The van der Waals surface area contributed by atoms with E-state index in [2.05, 4.69) is 39.1 Å². The van der Waals surface area contributed by atoms with Gasteiger partial charge in [-0.2, -0.15) is 0 Å². The highest BCUT2D eigenvalue weighted by molar-refractivity contribution is 7.83. The molecule has 0 radical (unpaired) electrons. The summed E-state index contributed by atoms with van der Waals surface area (Å²) in [5.74, 6) is 1.53. The average molecular weight is 286 g/mol. The number of benzene rings is 1. The van der Waals surface area contributed by atoms with E-state index in [1.165, 1.54) is 0 Å². The minimum atomic E-state index is 0.708. The van der Waals surface area contributed by atoms with Gasteiger partial charge in [-0.15, -0.1) is 25.3 Å². The van der Waals surface area contributed by atoms with E-state index in [1.54, 1.807) is 0 Å². The van der Waals surface area contributed by atoms with Crippen LogP contribution in [0.4, 0.5) is 0 Å². The standard InChI is InChI=1S/C14H22O2S2/c1-3-5-7-15-11-9-13(17)14(18)10-12(11)16-8-6-4-2/h9-10,17-18H,3-8H2,1-2H3. The molecule has 0 unspecified atom stereocenters. The summed E-state index contributed by atoms with van der Waals surface area (Å²) in [6.45, 7) is 5.70. The third-order valence-electron chi connectivity index (χ3n) is 2.55. The number of rotatable bonds is 8. The van der Waals surface area contributed by atoms with Crippen molar-refractivity contribution in [2.45, 2.75) is 49.3 Å². The quantitative estimate of drug-likeness (QED) is 0.536. The molecule has 0 aromatic heterocycles. The first-order valence-electron chi connectivity index (χ1n) is 6.50. The number of hydrogen-bond donors (Lipinski definition) is 2. The van der Waals surface area contributed by atoms with Gasteiger partial charge in [0.05, 0.1) is 13.2 Å². The Balaban J connectivity index is 2.73. The van der Waals surface area contributed by atoms with Crippen molar-refractivity contribution in [1.29, 1.82) is 0 Å². The molecule has 18 heavy (non-hydrogen) atoms. The molecule has 1 rings (SSSR count). The highest BCUT2D eigenvalue weighted by atomic mass is 32.1. The Morgan fingerprint density at radius 1 is 0.833 bits per heavy atom. The fraction of sp³-hybridized carbons (Fsp3) is 0.571. The summed E-state index contributed by atoms with van der Waals surface area (Å²) in [5, 5.41) is 0. The average Bonchev–Trinajstić information content (AvgIpc) is 2.35. The Hall–Kier alpha value is -0.480. The smallest absolute Gasteiger partial charge is 0.162 e. The van der Waals surface area contributed by atoms with Gasteiger partial charge >= 0.3 is 0 Å². The molecule has 0 bridgehead atoms. The second-order valence-corrected chi connectivity index (χ2v) is 5.16. The zero-order chi connectivity index (χ0) is 13.4. The van der Waals surface area contributed by atoms with Crippen molar-refractivity contribution in [3.05, 3.63) is 12.1 Å². The van der Waals surface area contributed by atoms with Crippen LogP contribution in [0.5, 0.6) is 11.5 Å². The summed E-state index contributed by atoms with van der Waals surface area (Å²) >= 11 is 8.71. The van der Waals surface area contributed by atoms with Crippen molar-refractivity contribution in [1.82, 2.24) is 0 Å². The number of unbranched alkanes of at least 4 members (excludes halogenated alkanes) is 2. The van der Waals surface area contributed by atoms with Crippen LogP contribution >= 0.6 is 25.3 Å². The molecule has 1 aromatic carbocycles. The first-order chi connectivity index (χ1) is 8.69. The van der Waals surface area contributed by atoms with Crippen molar-refractivity contribution in [2.75, 3.05) is 13.2 Å². The molecule has 0 saturated heterocycles. The van der Waals surface area contributed by atoms with Crippen LogP contribution in [-0.2, 0) is 0 Å². The molecular weight excluding hydrogens is 264 g/mol. The molecule has 0 N–H and O–H groups in total. The zero-order valence-electron chi connectivity index (χ0n) is 11.1. The van der Waals surface area contributed by atoms with Gasteiger partial charge in [0.2, 0.25) is 0 Å². The fourth-order valence-corrected chi connectivity index (χ4v) is 1.78. The lowest BCUT2D eigenvalue weighted by Crippen LogP contribution is -2.02. The maximum atomic E-state index is 5.74. The highest BCUT2D eigenvalue weighted by Gasteiger charge is 2.09. The molecule has 0 aliphatic heterocycles. The molecule has 0 heterocycles. The number of ether oxygens (including phenoxy) is 2. The summed E-state index contributed by atoms with van der Waals surface area (Å²) in [4.78, 5) is 1.63. The van der Waals surface area contributed by atoms with E-state index in [-0.39, 0.29) is 0 Å². The summed E-state index contributed by atoms with van der Waals surface area (Å²) in [6.07, 6.45) is 4.31. The molecule has 102 valence electrons. The summed E-state index contributed by atoms with van der Waals surface area (Å²) in [7, 11) is 0. The van der Waals surface area contributed by atoms with E-state index in [0.717, 1.165) is 47.0 Å². The van der Waals surface area contributed by atoms with Gasteiger partial charge in [0.25, 0.3) is 0 Å². The van der Waals surface area contributed by atoms with Crippen LogP contribution in [0.15, 0.2) is 21.9 Å². The van der Waals surface area contributed by atoms with Crippen LogP contribution in [0.1, 0.15) is 39.5 Å². The summed E-state index contributed by atoms with van der Waals surface area (Å²) in [5.41, 5.74) is 0. The Bertz CT molecular complexity index is 332. The van der Waals surface area contributed by atoms with Gasteiger partial charge in [0, 0.05) is 9.79 Å². The van der Waals surface area contributed by atoms with Crippen molar-refractivity contribution in [2.24, 2.45) is 0 Å². The predicted molar refractivity (Wildman–Crippen MR) is 81.8 cm³/mol. The van der Waals surface area contributed by atoms with E-state index in [4.69, 9.17) is 9.47 Å². The van der Waals surface area contributed by atoms with Crippen LogP contribution in [0.3, 0.4) is 0 Å². The Kier molecular flexibility index (Phi) is 7.44. The van der Waals surface area contributed by atoms with E-state index in [0.29, 0.717) is 13.2 Å². The minimum Gasteiger partial charge on any atom is -0.490 e. The van der Waals surface area contributed by atoms with Gasteiger partial charge in [0.1, 0.15) is 0 Å². The van der Waals surface area contributed by atoms with Gasteiger partial charge < -0.3 is 9.47 Å². The van der Waals surface area contributed by atoms with Crippen LogP contribution in [0.2, 0.25) is 0 Å². The van der Waals surface area contributed by atoms with E-state index in [9.17, 15) is 0 Å². The lowest BCUT2D eigenvalue weighted by atomic mass is 10.3. The second-order valence-electron chi connectivity index (χ2n) is 4.19. The lowest BCUT2D eigenvalue weighted by molar-refractivity contribution is 0.260. The van der Waals surface area contributed by atoms with Crippen LogP contribution in [0, 0.1) is 0 Å². The lowest BCUT2D eigenvalue weighted by Gasteiger charge is -2.14. The Morgan fingerprint density at radius 2 is 1.22 bits per heavy atom. The molecule has 0 spiro atoms. The number of thiol groups is 2. The first kappa shape index (κ1) is 15.6. The van der Waals surface area contributed by atoms with Crippen LogP contribution < -0.4 is 9.47 Å². The maximum absolute atomic E-state index is 5.74. The molecule has 0 atom stereocenters. The summed E-state index contributed by atoms with van der Waals surface area (Å²) in [6, 6.07) is 3.75. The molecule has 0 aliphatic carbocycles. The largest absolute Gasteiger partial charge is 0.490 e. The Labute approximate surface area is 121 Å². The molecule has 4 heteroatoms. The topological polar surface area (TPSA) is 18.5 Å². The van der Waals surface area contributed by atoms with Gasteiger partial charge in [-0.1, -0.05) is 26.7 Å². The maximum Gasteiger partial charge on any atom is 0.162 e. The van der Waals surface area contributed by atoms with Crippen molar-refractivity contribution in [3.8, 4) is 11.5 Å². The zero-order valence-corrected chi connectivity index (χ0v) is 12.9. The van der Waals surface area contributed by atoms with Crippen LogP contribution in [-0.4, -0.2) is 13.2 Å². The SMILES string of the molecule is CCCCOc1cc(S)c(S)cc1OCCCC. The molecule has 1 aromatic rings. The molecular formula is C14H22O2S2. The predicted octanol–water partition coefficient (Wildman–Crippen LogP) is 4.62. The van der Waals surface area contributed by atoms with E-state index >= 15 is 0 Å². The van der Waals surface area contributed by atoms with Crippen molar-refractivity contribution in [3.63, 3.8) is 0 Å². The van der Waals surface area contributed by atoms with Gasteiger partial charge in [-0.3, -0.25) is 0 Å². The van der Waals surface area contributed by atoms with Gasteiger partial charge in [0.15, 0.2) is 11.5 Å². The van der Waals surface area contributed by atoms with Gasteiger partial charge in [-0.25, -0.2) is 0 Å². The molecule has 0 saturated carbocycles. The minimum absolute atomic E-state index is 0.708. The molecule has 0 aliphatic rings. The third kappa shape index (κ3) is 5.02. The number of hydrogen-bond acceptors (Lipinski definition) is 4. The normalized spacial score (nSPS) is 10.4. The van der Waals surface area contributed by atoms with Crippen molar-refractivity contribution >= 4 is 25.3 Å². The van der Waals surface area contributed by atoms with Crippen molar-refractivity contribution < 1.29 is 9.47 Å². The van der Waals surface area contributed by atoms with E-state index < -0.39 is 0 Å². The highest BCUT2D eigenvalue weighted by Crippen LogP contribution is 2.34. The summed E-state index contributed by atoms with van der Waals surface area (Å²) < 4.78 is 11.5. The molecule has 0 fully saturated rings. The first-order valence-corrected chi connectivity index (χ1v) is 7.40. The van der Waals surface area contributed by atoms with Gasteiger partial charge in [-0.05, 0) is 25.0 Å². The fourth-order valence-electron chi connectivity index (χ4n) is 1.42. The third-order valence-corrected chi connectivity index (χ3v) is 3.47. The molecule has 2 nitrogen and oxygen atoms in total. The second kappa shape index (κ2) is 8.59. The van der Waals surface area contributed by atoms with E-state index in [1.807, 2.05) is 12.1 Å². The molecule has 0 amide bonds. The monoisotopic (exact) mass is 286 g/mol.